The molecule has 0 unspecified atom stereocenters. The maximum Gasteiger partial charge on any atom is 0.407 e. The molecular formula is C20H20ClN7O8S. The predicted molar refractivity (Wildman–Crippen MR) is 130 cm³/mol. The fourth-order valence-corrected chi connectivity index (χ4v) is 3.76. The molecule has 3 rings (SSSR count). The molecule has 196 valence electrons. The van der Waals surface area contributed by atoms with Gasteiger partial charge in [-0.1, -0.05) is 5.16 Å². The molecular weight excluding hydrogens is 534 g/mol. The Morgan fingerprint density at radius 1 is 1.30 bits per heavy atom. The van der Waals surface area contributed by atoms with Crippen molar-refractivity contribution in [2.45, 2.75) is 18.7 Å². The number of nitro benzene ring substituents is 1. The van der Waals surface area contributed by atoms with Gasteiger partial charge in [0.1, 0.15) is 31.3 Å². The van der Waals surface area contributed by atoms with Crippen LogP contribution in [0.15, 0.2) is 34.8 Å². The van der Waals surface area contributed by atoms with E-state index < -0.39 is 40.8 Å². The molecule has 1 aliphatic heterocycles. The number of rotatable bonds is 11. The Labute approximate surface area is 217 Å². The summed E-state index contributed by atoms with van der Waals surface area (Å²) in [6.07, 6.45) is -0.791. The Bertz CT molecular complexity index is 1220. The SMILES string of the molecule is CO/N=C(\C(=O)N[C@H]1C(=O)N[C@H]1CNC(=O)OCc1ccc([N+](=O)[O-])cc1)c1csc(NC(=O)CCl)n1. The van der Waals surface area contributed by atoms with E-state index in [0.717, 1.165) is 11.3 Å². The number of ether oxygens (including phenoxy) is 1. The van der Waals surface area contributed by atoms with Gasteiger partial charge in [-0.15, -0.1) is 22.9 Å². The molecule has 1 aromatic carbocycles. The van der Waals surface area contributed by atoms with Crippen molar-refractivity contribution in [2.24, 2.45) is 5.16 Å². The molecule has 1 aromatic heterocycles. The van der Waals surface area contributed by atoms with Crippen LogP contribution in [0.5, 0.6) is 0 Å². The molecule has 37 heavy (non-hydrogen) atoms. The molecule has 0 spiro atoms. The molecule has 0 saturated carbocycles. The van der Waals surface area contributed by atoms with E-state index in [4.69, 9.17) is 21.2 Å². The number of carbonyl (C=O) groups excluding carboxylic acids is 4. The van der Waals surface area contributed by atoms with E-state index in [0.29, 0.717) is 5.56 Å². The molecule has 2 aromatic rings. The normalized spacial score (nSPS) is 16.6. The Hall–Kier alpha value is -4.31. The van der Waals surface area contributed by atoms with Gasteiger partial charge in [-0.2, -0.15) is 0 Å². The van der Waals surface area contributed by atoms with Gasteiger partial charge in [-0.25, -0.2) is 9.78 Å². The topological polar surface area (TPSA) is 203 Å². The first-order valence-electron chi connectivity index (χ1n) is 10.4. The molecule has 15 nitrogen and oxygen atoms in total. The van der Waals surface area contributed by atoms with Gasteiger partial charge in [0, 0.05) is 24.1 Å². The van der Waals surface area contributed by atoms with E-state index in [1.54, 1.807) is 0 Å². The number of aromatic nitrogens is 1. The number of nitrogens with one attached hydrogen (secondary N) is 4. The number of nitrogens with zero attached hydrogens (tertiary/aromatic N) is 3. The average molecular weight is 554 g/mol. The highest BCUT2D eigenvalue weighted by atomic mass is 35.5. The number of benzene rings is 1. The molecule has 1 saturated heterocycles. The van der Waals surface area contributed by atoms with Crippen molar-refractivity contribution in [2.75, 3.05) is 24.9 Å². The number of non-ortho nitro benzene ring substituents is 1. The number of hydrogen-bond donors (Lipinski definition) is 4. The number of amides is 4. The number of nitro groups is 1. The van der Waals surface area contributed by atoms with Gasteiger partial charge in [0.05, 0.1) is 11.0 Å². The van der Waals surface area contributed by atoms with Crippen LogP contribution in [-0.2, 0) is 30.6 Å². The zero-order valence-electron chi connectivity index (χ0n) is 19.1. The van der Waals surface area contributed by atoms with Crippen LogP contribution in [0.4, 0.5) is 15.6 Å². The Kier molecular flexibility index (Phi) is 9.28. The fourth-order valence-electron chi connectivity index (χ4n) is 2.98. The van der Waals surface area contributed by atoms with Crippen molar-refractivity contribution in [3.8, 4) is 0 Å². The summed E-state index contributed by atoms with van der Waals surface area (Å²) >= 11 is 6.48. The number of β-lactam (4-membered cyclic amide) rings is 1. The van der Waals surface area contributed by atoms with Crippen LogP contribution in [0.2, 0.25) is 0 Å². The first-order valence-corrected chi connectivity index (χ1v) is 11.8. The number of thiazole rings is 1. The van der Waals surface area contributed by atoms with Crippen molar-refractivity contribution < 1.29 is 33.7 Å². The zero-order valence-corrected chi connectivity index (χ0v) is 20.6. The maximum absolute atomic E-state index is 12.8. The summed E-state index contributed by atoms with van der Waals surface area (Å²) in [5.74, 6) is -2.01. The average Bonchev–Trinajstić information content (AvgIpc) is 3.34. The fraction of sp³-hybridized carbons (Fsp3) is 0.300. The van der Waals surface area contributed by atoms with E-state index in [2.05, 4.69) is 31.4 Å². The minimum atomic E-state index is -0.987. The zero-order chi connectivity index (χ0) is 26.9. The highest BCUT2D eigenvalue weighted by Crippen LogP contribution is 2.17. The third kappa shape index (κ3) is 7.34. The van der Waals surface area contributed by atoms with Gasteiger partial charge < -0.3 is 30.8 Å². The van der Waals surface area contributed by atoms with E-state index in [1.165, 1.54) is 36.8 Å². The molecule has 1 fully saturated rings. The highest BCUT2D eigenvalue weighted by molar-refractivity contribution is 7.14. The standard InChI is InChI=1S/C20H20ClN7O8S/c1-35-27-16(13-9-37-19(24-13)25-14(29)6-21)18(31)26-15-12(23-17(15)30)7-22-20(32)36-8-10-2-4-11(5-3-10)28(33)34/h2-5,9,12,15H,6-8H2,1H3,(H,22,32)(H,23,30)(H,26,31)(H,24,25,29)/b27-16-/t12-,15+/m0/s1. The minimum absolute atomic E-state index is 0.0577. The van der Waals surface area contributed by atoms with E-state index in [1.807, 2.05) is 0 Å². The summed E-state index contributed by atoms with van der Waals surface area (Å²) in [6.45, 7) is -0.184. The maximum atomic E-state index is 12.8. The number of oxime groups is 1. The summed E-state index contributed by atoms with van der Waals surface area (Å²) in [5, 5.41) is 26.0. The van der Waals surface area contributed by atoms with Crippen LogP contribution in [0.3, 0.4) is 0 Å². The summed E-state index contributed by atoms with van der Waals surface area (Å²) in [5.41, 5.74) is 0.312. The van der Waals surface area contributed by atoms with E-state index >= 15 is 0 Å². The van der Waals surface area contributed by atoms with Crippen LogP contribution in [0.1, 0.15) is 11.3 Å². The smallest absolute Gasteiger partial charge is 0.407 e. The summed E-state index contributed by atoms with van der Waals surface area (Å²) in [6, 6.07) is 3.87. The second-order valence-corrected chi connectivity index (χ2v) is 8.41. The van der Waals surface area contributed by atoms with Crippen LogP contribution >= 0.6 is 22.9 Å². The van der Waals surface area contributed by atoms with Crippen LogP contribution in [0.25, 0.3) is 0 Å². The van der Waals surface area contributed by atoms with Crippen LogP contribution < -0.4 is 21.3 Å². The predicted octanol–water partition coefficient (Wildman–Crippen LogP) is 0.489. The van der Waals surface area contributed by atoms with Gasteiger partial charge in [0.25, 0.3) is 11.6 Å². The number of carbonyl (C=O) groups is 4. The van der Waals surface area contributed by atoms with Gasteiger partial charge >= 0.3 is 6.09 Å². The molecule has 0 radical (unpaired) electrons. The monoisotopic (exact) mass is 553 g/mol. The number of anilines is 1. The first kappa shape index (κ1) is 27.3. The van der Waals surface area contributed by atoms with Gasteiger partial charge in [0.15, 0.2) is 10.8 Å². The molecule has 4 N–H and O–H groups in total. The van der Waals surface area contributed by atoms with Crippen molar-refractivity contribution in [3.05, 3.63) is 51.0 Å². The third-order valence-electron chi connectivity index (χ3n) is 4.79. The van der Waals surface area contributed by atoms with Crippen molar-refractivity contribution >= 4 is 63.3 Å². The largest absolute Gasteiger partial charge is 0.445 e. The van der Waals surface area contributed by atoms with Gasteiger partial charge in [0.2, 0.25) is 11.8 Å². The number of hydrogen-bond acceptors (Lipinski definition) is 11. The number of alkyl carbamates (subject to hydrolysis) is 1. The lowest BCUT2D eigenvalue weighted by Crippen LogP contribution is -2.72. The van der Waals surface area contributed by atoms with Crippen molar-refractivity contribution in [3.63, 3.8) is 0 Å². The molecule has 0 bridgehead atoms. The van der Waals surface area contributed by atoms with Gasteiger partial charge in [-0.3, -0.25) is 24.5 Å². The number of alkyl halides is 1. The Balaban J connectivity index is 1.51. The van der Waals surface area contributed by atoms with Crippen molar-refractivity contribution in [1.29, 1.82) is 0 Å². The Morgan fingerprint density at radius 3 is 2.65 bits per heavy atom. The lowest BCUT2D eigenvalue weighted by atomic mass is 9.98. The van der Waals surface area contributed by atoms with E-state index in [-0.39, 0.29) is 41.3 Å². The molecule has 2 atom stereocenters. The molecule has 2 heterocycles. The third-order valence-corrected chi connectivity index (χ3v) is 5.80. The Morgan fingerprint density at radius 2 is 2.03 bits per heavy atom. The molecule has 1 aliphatic rings. The first-order chi connectivity index (χ1) is 17.7. The summed E-state index contributed by atoms with van der Waals surface area (Å²) in [4.78, 5) is 67.2. The lowest BCUT2D eigenvalue weighted by Gasteiger charge is -2.36. The lowest BCUT2D eigenvalue weighted by molar-refractivity contribution is -0.384. The van der Waals surface area contributed by atoms with Crippen molar-refractivity contribution in [1.82, 2.24) is 20.9 Å². The highest BCUT2D eigenvalue weighted by Gasteiger charge is 2.41. The van der Waals surface area contributed by atoms with Crippen LogP contribution in [0, 0.1) is 10.1 Å². The molecule has 17 heteroatoms. The summed E-state index contributed by atoms with van der Waals surface area (Å²) in [7, 11) is 1.22. The molecule has 0 aliphatic carbocycles. The minimum Gasteiger partial charge on any atom is -0.445 e. The van der Waals surface area contributed by atoms with Crippen LogP contribution in [-0.4, -0.2) is 71.1 Å². The second kappa shape index (κ2) is 12.6. The van der Waals surface area contributed by atoms with E-state index in [9.17, 15) is 29.3 Å². The van der Waals surface area contributed by atoms with Gasteiger partial charge in [-0.05, 0) is 17.7 Å². The number of halogens is 1. The second-order valence-electron chi connectivity index (χ2n) is 7.29. The quantitative estimate of drug-likeness (QED) is 0.100. The molecule has 4 amide bonds. The summed E-state index contributed by atoms with van der Waals surface area (Å²) < 4.78 is 5.06.